The molecule has 0 bridgehead atoms. The van der Waals surface area contributed by atoms with Gasteiger partial charge >= 0.3 is 0 Å². The van der Waals surface area contributed by atoms with Gasteiger partial charge in [0.25, 0.3) is 0 Å². The topological polar surface area (TPSA) is 43.3 Å². The maximum Gasteiger partial charge on any atom is 0.221 e. The summed E-state index contributed by atoms with van der Waals surface area (Å²) in [5.41, 5.74) is 5.15. The zero-order chi connectivity index (χ0) is 28.7. The van der Waals surface area contributed by atoms with E-state index in [-0.39, 0.29) is 24.1 Å². The third-order valence-corrected chi connectivity index (χ3v) is 7.42. The molecule has 0 aliphatic carbocycles. The van der Waals surface area contributed by atoms with Gasteiger partial charge in [0.1, 0.15) is 17.3 Å². The summed E-state index contributed by atoms with van der Waals surface area (Å²) in [6, 6.07) is 42.4. The van der Waals surface area contributed by atoms with E-state index in [4.69, 9.17) is 4.74 Å². The third kappa shape index (κ3) is 6.42. The van der Waals surface area contributed by atoms with Gasteiger partial charge in [0.05, 0.1) is 0 Å². The van der Waals surface area contributed by atoms with Crippen molar-refractivity contribution in [1.82, 2.24) is 9.88 Å². The molecule has 0 aliphatic rings. The molecule has 1 N–H and O–H groups in total. The van der Waals surface area contributed by atoms with Gasteiger partial charge in [-0.15, -0.1) is 0 Å². The lowest BCUT2D eigenvalue weighted by Gasteiger charge is -2.18. The number of para-hydroxylation sites is 2. The second-order valence-electron chi connectivity index (χ2n) is 10.4. The fraction of sp³-hybridized carbons (Fsp3) is 0.108. The van der Waals surface area contributed by atoms with Gasteiger partial charge in [0.2, 0.25) is 5.91 Å². The van der Waals surface area contributed by atoms with E-state index < -0.39 is 0 Å². The van der Waals surface area contributed by atoms with Gasteiger partial charge in [-0.05, 0) is 64.7 Å². The summed E-state index contributed by atoms with van der Waals surface area (Å²) in [6.07, 6.45) is 2.40. The maximum atomic E-state index is 13.6. The van der Waals surface area contributed by atoms with Crippen molar-refractivity contribution < 1.29 is 13.9 Å². The molecule has 0 saturated heterocycles. The van der Waals surface area contributed by atoms with E-state index in [9.17, 15) is 9.18 Å². The van der Waals surface area contributed by atoms with E-state index in [0.29, 0.717) is 18.8 Å². The predicted molar refractivity (Wildman–Crippen MR) is 165 cm³/mol. The summed E-state index contributed by atoms with van der Waals surface area (Å²) >= 11 is 0. The first-order chi connectivity index (χ1) is 20.6. The van der Waals surface area contributed by atoms with Crippen LogP contribution in [0.5, 0.6) is 11.5 Å². The van der Waals surface area contributed by atoms with Gasteiger partial charge in [-0.1, -0.05) is 91.0 Å². The van der Waals surface area contributed by atoms with Crippen LogP contribution in [0, 0.1) is 5.82 Å². The molecule has 0 spiro atoms. The van der Waals surface area contributed by atoms with E-state index in [1.165, 1.54) is 12.1 Å². The number of carbonyl (C=O) groups excluding carboxylic acids is 1. The van der Waals surface area contributed by atoms with Crippen LogP contribution >= 0.6 is 0 Å². The highest BCUT2D eigenvalue weighted by Gasteiger charge is 2.23. The smallest absolute Gasteiger partial charge is 0.221 e. The fourth-order valence-electron chi connectivity index (χ4n) is 5.35. The van der Waals surface area contributed by atoms with Crippen molar-refractivity contribution in [3.63, 3.8) is 0 Å². The van der Waals surface area contributed by atoms with E-state index >= 15 is 0 Å². The molecule has 1 heterocycles. The van der Waals surface area contributed by atoms with Gasteiger partial charge in [-0.3, -0.25) is 4.79 Å². The molecule has 0 unspecified atom stereocenters. The fourth-order valence-corrected chi connectivity index (χ4v) is 5.35. The Morgan fingerprint density at radius 1 is 0.738 bits per heavy atom. The number of aromatic nitrogens is 1. The summed E-state index contributed by atoms with van der Waals surface area (Å²) < 4.78 is 21.9. The Labute approximate surface area is 245 Å². The first-order valence-corrected chi connectivity index (χ1v) is 14.1. The number of carbonyl (C=O) groups is 1. The summed E-state index contributed by atoms with van der Waals surface area (Å²) in [7, 11) is 0. The number of hydrogen-bond acceptors (Lipinski definition) is 2. The van der Waals surface area contributed by atoms with Gasteiger partial charge in [-0.2, -0.15) is 0 Å². The van der Waals surface area contributed by atoms with E-state index in [2.05, 4.69) is 34.3 Å². The standard InChI is InChI=1S/C37H31FN2O2/c38-30-20-18-28(19-21-30)25-40-26-35(33-16-7-8-17-36(33)40)34(23-37(41)39-24-27-10-3-1-4-11-27)29-12-9-15-32(22-29)42-31-13-5-2-6-14-31/h1-22,26,34H,23-25H2,(H,39,41)/t34-/m1/s1. The minimum Gasteiger partial charge on any atom is -0.457 e. The molecular weight excluding hydrogens is 523 g/mol. The average molecular weight is 555 g/mol. The van der Waals surface area contributed by atoms with Crippen LogP contribution in [0.3, 0.4) is 0 Å². The molecule has 5 aromatic carbocycles. The highest BCUT2D eigenvalue weighted by molar-refractivity contribution is 5.87. The van der Waals surface area contributed by atoms with E-state index in [1.54, 1.807) is 0 Å². The van der Waals surface area contributed by atoms with Crippen LogP contribution in [0.25, 0.3) is 10.9 Å². The van der Waals surface area contributed by atoms with Crippen LogP contribution in [0.1, 0.15) is 34.6 Å². The molecule has 6 rings (SSSR count). The van der Waals surface area contributed by atoms with Gasteiger partial charge in [0, 0.05) is 42.5 Å². The minimum atomic E-state index is -0.254. The van der Waals surface area contributed by atoms with Crippen molar-refractivity contribution in [3.05, 3.63) is 168 Å². The lowest BCUT2D eigenvalue weighted by atomic mass is 9.88. The number of fused-ring (bicyclic) bond motifs is 1. The molecule has 6 aromatic rings. The molecule has 4 nitrogen and oxygen atoms in total. The number of amides is 1. The van der Waals surface area contributed by atoms with Crippen LogP contribution in [-0.4, -0.2) is 10.5 Å². The quantitative estimate of drug-likeness (QED) is 0.185. The second-order valence-corrected chi connectivity index (χ2v) is 10.4. The summed E-state index contributed by atoms with van der Waals surface area (Å²) in [6.45, 7) is 1.06. The van der Waals surface area contributed by atoms with Crippen molar-refractivity contribution in [2.24, 2.45) is 0 Å². The molecule has 0 saturated carbocycles. The number of benzene rings is 5. The van der Waals surface area contributed by atoms with Crippen LogP contribution in [0.2, 0.25) is 0 Å². The van der Waals surface area contributed by atoms with Gasteiger partial charge < -0.3 is 14.6 Å². The zero-order valence-corrected chi connectivity index (χ0v) is 23.1. The van der Waals surface area contributed by atoms with Crippen molar-refractivity contribution in [1.29, 1.82) is 0 Å². The molecular formula is C37H31FN2O2. The number of nitrogens with one attached hydrogen (secondary N) is 1. The Morgan fingerprint density at radius 2 is 1.43 bits per heavy atom. The number of halogens is 1. The van der Waals surface area contributed by atoms with Crippen LogP contribution < -0.4 is 10.1 Å². The third-order valence-electron chi connectivity index (χ3n) is 7.42. The molecule has 5 heteroatoms. The Balaban J connectivity index is 1.36. The normalized spacial score (nSPS) is 11.7. The van der Waals surface area contributed by atoms with Crippen LogP contribution in [0.4, 0.5) is 4.39 Å². The van der Waals surface area contributed by atoms with E-state index in [1.807, 2.05) is 103 Å². The largest absolute Gasteiger partial charge is 0.457 e. The predicted octanol–water partition coefficient (Wildman–Crippen LogP) is 8.46. The summed E-state index contributed by atoms with van der Waals surface area (Å²) in [5, 5.41) is 4.19. The van der Waals surface area contributed by atoms with E-state index in [0.717, 1.165) is 38.9 Å². The maximum absolute atomic E-state index is 13.6. The van der Waals surface area contributed by atoms with Crippen molar-refractivity contribution in [2.45, 2.75) is 25.4 Å². The Hall–Kier alpha value is -5.16. The molecule has 208 valence electrons. The molecule has 0 fully saturated rings. The average Bonchev–Trinajstić information content (AvgIpc) is 3.39. The highest BCUT2D eigenvalue weighted by Crippen LogP contribution is 2.37. The first-order valence-electron chi connectivity index (χ1n) is 14.1. The second kappa shape index (κ2) is 12.6. The Kier molecular flexibility index (Phi) is 8.09. The molecule has 0 radical (unpaired) electrons. The SMILES string of the molecule is O=C(C[C@H](c1cccc(Oc2ccccc2)c1)c1cn(Cc2ccc(F)cc2)c2ccccc12)NCc1ccccc1. The number of rotatable bonds is 10. The Bertz CT molecular complexity index is 1780. The van der Waals surface area contributed by atoms with Gasteiger partial charge in [-0.25, -0.2) is 4.39 Å². The summed E-state index contributed by atoms with van der Waals surface area (Å²) in [4.78, 5) is 13.4. The number of hydrogen-bond donors (Lipinski definition) is 1. The monoisotopic (exact) mass is 554 g/mol. The van der Waals surface area contributed by atoms with Crippen molar-refractivity contribution in [3.8, 4) is 11.5 Å². The number of nitrogens with zero attached hydrogens (tertiary/aromatic N) is 1. The molecule has 1 amide bonds. The number of ether oxygens (including phenoxy) is 1. The minimum absolute atomic E-state index is 0.0337. The zero-order valence-electron chi connectivity index (χ0n) is 23.1. The lowest BCUT2D eigenvalue weighted by molar-refractivity contribution is -0.121. The Morgan fingerprint density at radius 3 is 2.21 bits per heavy atom. The van der Waals surface area contributed by atoms with Crippen molar-refractivity contribution in [2.75, 3.05) is 0 Å². The van der Waals surface area contributed by atoms with Crippen molar-refractivity contribution >= 4 is 16.8 Å². The van der Waals surface area contributed by atoms with Gasteiger partial charge in [0.15, 0.2) is 0 Å². The van der Waals surface area contributed by atoms with Crippen LogP contribution in [0.15, 0.2) is 140 Å². The summed E-state index contributed by atoms with van der Waals surface area (Å²) in [5.74, 6) is 0.954. The lowest BCUT2D eigenvalue weighted by Crippen LogP contribution is -2.25. The van der Waals surface area contributed by atoms with Crippen LogP contribution in [-0.2, 0) is 17.9 Å². The molecule has 0 aliphatic heterocycles. The highest BCUT2D eigenvalue weighted by atomic mass is 19.1. The molecule has 1 atom stereocenters. The molecule has 42 heavy (non-hydrogen) atoms. The first kappa shape index (κ1) is 27.0. The molecule has 1 aromatic heterocycles.